The number of carbonyl (C=O) groups is 1. The van der Waals surface area contributed by atoms with Gasteiger partial charge in [0.1, 0.15) is 11.6 Å². The SMILES string of the molecule is CC(C)COc1ccccc1NC(=O)NCc1nnc2n1CCC2. The Kier molecular flexibility index (Phi) is 4.98. The highest BCUT2D eigenvalue weighted by atomic mass is 16.5. The van der Waals surface area contributed by atoms with Gasteiger partial charge in [-0.2, -0.15) is 0 Å². The minimum atomic E-state index is -0.286. The predicted molar refractivity (Wildman–Crippen MR) is 91.0 cm³/mol. The molecule has 1 aromatic carbocycles. The quantitative estimate of drug-likeness (QED) is 0.853. The third-order valence-corrected chi connectivity index (χ3v) is 3.80. The highest BCUT2D eigenvalue weighted by molar-refractivity contribution is 5.90. The van der Waals surface area contributed by atoms with Crippen molar-refractivity contribution in [2.75, 3.05) is 11.9 Å². The van der Waals surface area contributed by atoms with E-state index < -0.39 is 0 Å². The molecule has 2 aromatic rings. The summed E-state index contributed by atoms with van der Waals surface area (Å²) >= 11 is 0. The molecule has 0 unspecified atom stereocenters. The van der Waals surface area contributed by atoms with E-state index in [0.717, 1.165) is 31.0 Å². The average molecular weight is 329 g/mol. The zero-order chi connectivity index (χ0) is 16.9. The van der Waals surface area contributed by atoms with Crippen molar-refractivity contribution >= 4 is 11.7 Å². The Morgan fingerprint density at radius 1 is 1.33 bits per heavy atom. The lowest BCUT2D eigenvalue weighted by Gasteiger charge is -2.14. The fourth-order valence-electron chi connectivity index (χ4n) is 2.62. The number of hydrogen-bond donors (Lipinski definition) is 2. The minimum absolute atomic E-state index is 0.286. The molecule has 2 N–H and O–H groups in total. The Bertz CT molecular complexity index is 711. The highest BCUT2D eigenvalue weighted by Gasteiger charge is 2.17. The molecule has 0 saturated heterocycles. The van der Waals surface area contributed by atoms with Crippen LogP contribution in [0.5, 0.6) is 5.75 Å². The first-order valence-corrected chi connectivity index (χ1v) is 8.31. The van der Waals surface area contributed by atoms with Crippen LogP contribution in [0.4, 0.5) is 10.5 Å². The van der Waals surface area contributed by atoms with Gasteiger partial charge in [0.2, 0.25) is 0 Å². The van der Waals surface area contributed by atoms with Crippen LogP contribution in [0.15, 0.2) is 24.3 Å². The highest BCUT2D eigenvalue weighted by Crippen LogP contribution is 2.24. The maximum atomic E-state index is 12.2. The maximum Gasteiger partial charge on any atom is 0.319 e. The van der Waals surface area contributed by atoms with Gasteiger partial charge in [-0.25, -0.2) is 4.79 Å². The van der Waals surface area contributed by atoms with E-state index in [0.29, 0.717) is 30.5 Å². The van der Waals surface area contributed by atoms with Gasteiger partial charge in [0.15, 0.2) is 5.82 Å². The number of para-hydroxylation sites is 2. The minimum Gasteiger partial charge on any atom is -0.491 e. The summed E-state index contributed by atoms with van der Waals surface area (Å²) in [7, 11) is 0. The van der Waals surface area contributed by atoms with E-state index in [9.17, 15) is 4.79 Å². The summed E-state index contributed by atoms with van der Waals surface area (Å²) in [6, 6.07) is 7.14. The number of carbonyl (C=O) groups excluding carboxylic acids is 1. The summed E-state index contributed by atoms with van der Waals surface area (Å²) < 4.78 is 7.81. The van der Waals surface area contributed by atoms with Crippen LogP contribution >= 0.6 is 0 Å². The fraction of sp³-hybridized carbons (Fsp3) is 0.471. The molecule has 7 nitrogen and oxygen atoms in total. The molecule has 128 valence electrons. The molecule has 0 bridgehead atoms. The number of urea groups is 1. The molecule has 0 saturated carbocycles. The monoisotopic (exact) mass is 329 g/mol. The van der Waals surface area contributed by atoms with E-state index in [-0.39, 0.29) is 6.03 Å². The first-order valence-electron chi connectivity index (χ1n) is 8.31. The van der Waals surface area contributed by atoms with Gasteiger partial charge in [-0.15, -0.1) is 10.2 Å². The number of ether oxygens (including phenoxy) is 1. The molecule has 0 radical (unpaired) electrons. The van der Waals surface area contributed by atoms with Crippen LogP contribution in [0.3, 0.4) is 0 Å². The van der Waals surface area contributed by atoms with Crippen molar-refractivity contribution in [1.29, 1.82) is 0 Å². The standard InChI is InChI=1S/C17H23N5O2/c1-12(2)11-24-14-7-4-3-6-13(14)19-17(23)18-10-16-21-20-15-8-5-9-22(15)16/h3-4,6-7,12H,5,8-11H2,1-2H3,(H2,18,19,23). The Morgan fingerprint density at radius 2 is 2.17 bits per heavy atom. The summed E-state index contributed by atoms with van der Waals surface area (Å²) in [6.45, 7) is 6.05. The molecule has 0 spiro atoms. The van der Waals surface area contributed by atoms with Gasteiger partial charge < -0.3 is 19.9 Å². The Labute approximate surface area is 141 Å². The number of benzene rings is 1. The van der Waals surface area contributed by atoms with Crippen LogP contribution in [0.2, 0.25) is 0 Å². The fourth-order valence-corrected chi connectivity index (χ4v) is 2.62. The number of hydrogen-bond acceptors (Lipinski definition) is 4. The van der Waals surface area contributed by atoms with Gasteiger partial charge in [0.05, 0.1) is 18.8 Å². The summed E-state index contributed by atoms with van der Waals surface area (Å²) in [5.74, 6) is 2.88. The van der Waals surface area contributed by atoms with E-state index in [1.54, 1.807) is 0 Å². The first kappa shape index (κ1) is 16.3. The van der Waals surface area contributed by atoms with Crippen LogP contribution in [-0.4, -0.2) is 27.4 Å². The van der Waals surface area contributed by atoms with Crippen LogP contribution in [0.25, 0.3) is 0 Å². The zero-order valence-electron chi connectivity index (χ0n) is 14.1. The van der Waals surface area contributed by atoms with Gasteiger partial charge in [0, 0.05) is 13.0 Å². The summed E-state index contributed by atoms with van der Waals surface area (Å²) in [4.78, 5) is 12.2. The van der Waals surface area contributed by atoms with Crippen LogP contribution in [0, 0.1) is 5.92 Å². The predicted octanol–water partition coefficient (Wildman–Crippen LogP) is 2.58. The Hall–Kier alpha value is -2.57. The Balaban J connectivity index is 1.57. The molecule has 0 fully saturated rings. The largest absolute Gasteiger partial charge is 0.491 e. The van der Waals surface area contributed by atoms with Crippen molar-refractivity contribution in [3.8, 4) is 5.75 Å². The molecule has 7 heteroatoms. The van der Waals surface area contributed by atoms with Gasteiger partial charge in [-0.1, -0.05) is 26.0 Å². The van der Waals surface area contributed by atoms with E-state index >= 15 is 0 Å². The second-order valence-electron chi connectivity index (χ2n) is 6.30. The van der Waals surface area contributed by atoms with Gasteiger partial charge in [-0.05, 0) is 24.5 Å². The lowest BCUT2D eigenvalue weighted by Crippen LogP contribution is -2.29. The average Bonchev–Trinajstić information content (AvgIpc) is 3.16. The number of rotatable bonds is 6. The number of nitrogens with zero attached hydrogens (tertiary/aromatic N) is 3. The van der Waals surface area contributed by atoms with Crippen LogP contribution < -0.4 is 15.4 Å². The summed E-state index contributed by atoms with van der Waals surface area (Å²) in [5, 5.41) is 13.9. The Morgan fingerprint density at radius 3 is 3.00 bits per heavy atom. The normalized spacial score (nSPS) is 13.0. The van der Waals surface area contributed by atoms with Crippen molar-refractivity contribution in [2.24, 2.45) is 5.92 Å². The van der Waals surface area contributed by atoms with Crippen molar-refractivity contribution in [1.82, 2.24) is 20.1 Å². The smallest absolute Gasteiger partial charge is 0.319 e. The number of aryl methyl sites for hydroxylation is 1. The second kappa shape index (κ2) is 7.33. The maximum absolute atomic E-state index is 12.2. The van der Waals surface area contributed by atoms with Crippen LogP contribution in [-0.2, 0) is 19.5 Å². The van der Waals surface area contributed by atoms with Crippen molar-refractivity contribution < 1.29 is 9.53 Å². The molecule has 1 aliphatic rings. The van der Waals surface area contributed by atoms with Crippen molar-refractivity contribution in [3.63, 3.8) is 0 Å². The van der Waals surface area contributed by atoms with Crippen molar-refractivity contribution in [3.05, 3.63) is 35.9 Å². The first-order chi connectivity index (χ1) is 11.6. The zero-order valence-corrected chi connectivity index (χ0v) is 14.1. The van der Waals surface area contributed by atoms with E-state index in [2.05, 4.69) is 39.2 Å². The summed E-state index contributed by atoms with van der Waals surface area (Å²) in [5.41, 5.74) is 0.655. The number of amides is 2. The number of anilines is 1. The molecule has 2 heterocycles. The van der Waals surface area contributed by atoms with E-state index in [1.807, 2.05) is 24.3 Å². The van der Waals surface area contributed by atoms with E-state index in [4.69, 9.17) is 4.74 Å². The lowest BCUT2D eigenvalue weighted by molar-refractivity contribution is 0.250. The van der Waals surface area contributed by atoms with E-state index in [1.165, 1.54) is 0 Å². The number of nitrogens with one attached hydrogen (secondary N) is 2. The molecule has 24 heavy (non-hydrogen) atoms. The topological polar surface area (TPSA) is 81.1 Å². The van der Waals surface area contributed by atoms with Gasteiger partial charge in [-0.3, -0.25) is 0 Å². The third kappa shape index (κ3) is 3.84. The lowest BCUT2D eigenvalue weighted by atomic mass is 10.2. The number of fused-ring (bicyclic) bond motifs is 1. The summed E-state index contributed by atoms with van der Waals surface area (Å²) in [6.07, 6.45) is 2.05. The second-order valence-corrected chi connectivity index (χ2v) is 6.30. The molecule has 0 atom stereocenters. The molecule has 0 aliphatic carbocycles. The molecule has 3 rings (SSSR count). The van der Waals surface area contributed by atoms with Crippen LogP contribution in [0.1, 0.15) is 31.9 Å². The van der Waals surface area contributed by atoms with Gasteiger partial charge in [0.25, 0.3) is 0 Å². The molecule has 2 amide bonds. The molecule has 1 aliphatic heterocycles. The van der Waals surface area contributed by atoms with Gasteiger partial charge >= 0.3 is 6.03 Å². The van der Waals surface area contributed by atoms with Crippen molar-refractivity contribution in [2.45, 2.75) is 39.8 Å². The molecular formula is C17H23N5O2. The molecular weight excluding hydrogens is 306 g/mol. The molecule has 1 aromatic heterocycles. The number of aromatic nitrogens is 3. The third-order valence-electron chi connectivity index (χ3n) is 3.80.